The SMILES string of the molecule is Clc1ccc(Nc2nc3nonc3nc2-c2cccc3ccccc23)cc1Cl. The maximum absolute atomic E-state index is 6.15. The molecule has 0 aliphatic heterocycles. The zero-order chi connectivity index (χ0) is 19.1. The molecule has 3 aromatic carbocycles. The van der Waals surface area contributed by atoms with E-state index in [2.05, 4.69) is 37.7 Å². The van der Waals surface area contributed by atoms with Crippen molar-refractivity contribution in [3.63, 3.8) is 0 Å². The van der Waals surface area contributed by atoms with Gasteiger partial charge < -0.3 is 5.32 Å². The van der Waals surface area contributed by atoms with Crippen molar-refractivity contribution >= 4 is 56.8 Å². The molecule has 5 rings (SSSR count). The second-order valence-electron chi connectivity index (χ2n) is 6.11. The zero-order valence-corrected chi connectivity index (χ0v) is 15.7. The van der Waals surface area contributed by atoms with Crippen LogP contribution in [0.5, 0.6) is 0 Å². The molecule has 136 valence electrons. The number of halogens is 2. The summed E-state index contributed by atoms with van der Waals surface area (Å²) in [5.74, 6) is 0.512. The van der Waals surface area contributed by atoms with Crippen LogP contribution in [0.4, 0.5) is 11.5 Å². The molecule has 0 atom stereocenters. The summed E-state index contributed by atoms with van der Waals surface area (Å²) in [5.41, 5.74) is 2.92. The van der Waals surface area contributed by atoms with Gasteiger partial charge in [-0.2, -0.15) is 0 Å². The van der Waals surface area contributed by atoms with Gasteiger partial charge >= 0.3 is 0 Å². The molecule has 0 fully saturated rings. The molecule has 0 spiro atoms. The van der Waals surface area contributed by atoms with Crippen molar-refractivity contribution in [2.45, 2.75) is 0 Å². The van der Waals surface area contributed by atoms with Crippen LogP contribution < -0.4 is 5.32 Å². The van der Waals surface area contributed by atoms with Crippen LogP contribution in [0, 0.1) is 0 Å². The van der Waals surface area contributed by atoms with E-state index in [1.165, 1.54) is 0 Å². The maximum atomic E-state index is 6.15. The Morgan fingerprint density at radius 2 is 1.57 bits per heavy atom. The highest BCUT2D eigenvalue weighted by molar-refractivity contribution is 6.42. The van der Waals surface area contributed by atoms with Crippen molar-refractivity contribution in [3.8, 4) is 11.3 Å². The predicted octanol–water partition coefficient (Wildman–Crippen LogP) is 5.88. The topological polar surface area (TPSA) is 76.7 Å². The summed E-state index contributed by atoms with van der Waals surface area (Å²) in [4.78, 5) is 9.19. The van der Waals surface area contributed by atoms with Crippen molar-refractivity contribution in [2.24, 2.45) is 0 Å². The van der Waals surface area contributed by atoms with Crippen LogP contribution in [0.15, 0.2) is 65.3 Å². The first-order valence-corrected chi connectivity index (χ1v) is 9.15. The highest BCUT2D eigenvalue weighted by atomic mass is 35.5. The van der Waals surface area contributed by atoms with Crippen molar-refractivity contribution < 1.29 is 4.63 Å². The van der Waals surface area contributed by atoms with Crippen LogP contribution in [-0.4, -0.2) is 20.3 Å². The zero-order valence-electron chi connectivity index (χ0n) is 14.2. The lowest BCUT2D eigenvalue weighted by molar-refractivity contribution is 0.314. The highest BCUT2D eigenvalue weighted by Gasteiger charge is 2.17. The molecule has 5 aromatic rings. The Labute approximate surface area is 169 Å². The Morgan fingerprint density at radius 1 is 0.786 bits per heavy atom. The average molecular weight is 408 g/mol. The lowest BCUT2D eigenvalue weighted by Crippen LogP contribution is -2.00. The standard InChI is InChI=1S/C20H11Cl2N5O/c21-15-9-8-12(10-16(15)22)23-18-17(24-19-20(25-18)27-28-26-19)14-7-3-5-11-4-1-2-6-13(11)14/h1-10H,(H,23,25,27). The minimum absolute atomic E-state index is 0.312. The summed E-state index contributed by atoms with van der Waals surface area (Å²) < 4.78 is 4.79. The number of rotatable bonds is 3. The fourth-order valence-corrected chi connectivity index (χ4v) is 3.35. The van der Waals surface area contributed by atoms with Crippen LogP contribution in [0.3, 0.4) is 0 Å². The van der Waals surface area contributed by atoms with Gasteiger partial charge in [-0.05, 0) is 39.3 Å². The van der Waals surface area contributed by atoms with E-state index < -0.39 is 0 Å². The molecule has 8 heteroatoms. The van der Waals surface area contributed by atoms with Crippen molar-refractivity contribution in [1.29, 1.82) is 0 Å². The van der Waals surface area contributed by atoms with Gasteiger partial charge in [-0.3, -0.25) is 0 Å². The van der Waals surface area contributed by atoms with Gasteiger partial charge in [0, 0.05) is 11.3 Å². The van der Waals surface area contributed by atoms with Gasteiger partial charge in [-0.25, -0.2) is 14.6 Å². The van der Waals surface area contributed by atoms with E-state index in [0.29, 0.717) is 32.9 Å². The van der Waals surface area contributed by atoms with E-state index in [4.69, 9.17) is 27.8 Å². The van der Waals surface area contributed by atoms with Gasteiger partial charge in [0.25, 0.3) is 0 Å². The number of nitrogens with zero attached hydrogens (tertiary/aromatic N) is 4. The smallest absolute Gasteiger partial charge is 0.245 e. The van der Waals surface area contributed by atoms with Crippen LogP contribution in [0.2, 0.25) is 10.0 Å². The third-order valence-electron chi connectivity index (χ3n) is 4.34. The lowest BCUT2D eigenvalue weighted by atomic mass is 10.0. The number of hydrogen-bond donors (Lipinski definition) is 1. The Morgan fingerprint density at radius 3 is 2.43 bits per heavy atom. The van der Waals surface area contributed by atoms with E-state index in [0.717, 1.165) is 22.0 Å². The molecule has 0 aliphatic rings. The van der Waals surface area contributed by atoms with Crippen LogP contribution in [0.1, 0.15) is 0 Å². The Bertz CT molecular complexity index is 1330. The molecule has 0 bridgehead atoms. The van der Waals surface area contributed by atoms with Gasteiger partial charge in [-0.1, -0.05) is 65.7 Å². The quantitative estimate of drug-likeness (QED) is 0.402. The fourth-order valence-electron chi connectivity index (χ4n) is 3.06. The molecule has 28 heavy (non-hydrogen) atoms. The molecule has 2 aromatic heterocycles. The molecule has 0 unspecified atom stereocenters. The Balaban J connectivity index is 1.73. The first kappa shape index (κ1) is 16.9. The van der Waals surface area contributed by atoms with E-state index in [1.54, 1.807) is 12.1 Å². The van der Waals surface area contributed by atoms with Crippen LogP contribution >= 0.6 is 23.2 Å². The van der Waals surface area contributed by atoms with Gasteiger partial charge in [-0.15, -0.1) is 0 Å². The summed E-state index contributed by atoms with van der Waals surface area (Å²) in [6.45, 7) is 0. The van der Waals surface area contributed by atoms with Gasteiger partial charge in [0.1, 0.15) is 5.69 Å². The number of benzene rings is 3. The maximum Gasteiger partial charge on any atom is 0.245 e. The lowest BCUT2D eigenvalue weighted by Gasteiger charge is -2.12. The van der Waals surface area contributed by atoms with E-state index in [1.807, 2.05) is 36.4 Å². The summed E-state index contributed by atoms with van der Waals surface area (Å²) in [5, 5.41) is 14.0. The minimum atomic E-state index is 0.312. The number of anilines is 2. The van der Waals surface area contributed by atoms with Gasteiger partial charge in [0.05, 0.1) is 10.0 Å². The fraction of sp³-hybridized carbons (Fsp3) is 0. The highest BCUT2D eigenvalue weighted by Crippen LogP contribution is 2.34. The molecule has 0 saturated carbocycles. The Kier molecular flexibility index (Phi) is 4.07. The molecule has 0 radical (unpaired) electrons. The van der Waals surface area contributed by atoms with Crippen molar-refractivity contribution in [2.75, 3.05) is 5.32 Å². The van der Waals surface area contributed by atoms with Crippen LogP contribution in [-0.2, 0) is 0 Å². The van der Waals surface area contributed by atoms with Gasteiger partial charge in [0.2, 0.25) is 11.3 Å². The molecule has 6 nitrogen and oxygen atoms in total. The van der Waals surface area contributed by atoms with Gasteiger partial charge in [0.15, 0.2) is 5.82 Å². The summed E-state index contributed by atoms with van der Waals surface area (Å²) in [6, 6.07) is 19.4. The summed E-state index contributed by atoms with van der Waals surface area (Å²) >= 11 is 12.2. The third-order valence-corrected chi connectivity index (χ3v) is 5.08. The number of hydrogen-bond acceptors (Lipinski definition) is 6. The molecule has 2 heterocycles. The molecule has 0 amide bonds. The second kappa shape index (κ2) is 6.74. The first-order valence-electron chi connectivity index (χ1n) is 8.39. The molecule has 1 N–H and O–H groups in total. The van der Waals surface area contributed by atoms with Crippen LogP contribution in [0.25, 0.3) is 33.3 Å². The average Bonchev–Trinajstić information content (AvgIpc) is 3.17. The normalized spacial score (nSPS) is 11.2. The van der Waals surface area contributed by atoms with Crippen molar-refractivity contribution in [3.05, 3.63) is 70.7 Å². The third kappa shape index (κ3) is 2.93. The van der Waals surface area contributed by atoms with E-state index in [9.17, 15) is 0 Å². The first-order chi connectivity index (χ1) is 13.7. The molecular weight excluding hydrogens is 397 g/mol. The number of fused-ring (bicyclic) bond motifs is 2. The Hall–Kier alpha value is -3.22. The summed E-state index contributed by atoms with van der Waals surface area (Å²) in [7, 11) is 0. The van der Waals surface area contributed by atoms with E-state index >= 15 is 0 Å². The predicted molar refractivity (Wildman–Crippen MR) is 110 cm³/mol. The van der Waals surface area contributed by atoms with Crippen molar-refractivity contribution in [1.82, 2.24) is 20.3 Å². The monoisotopic (exact) mass is 407 g/mol. The van der Waals surface area contributed by atoms with E-state index in [-0.39, 0.29) is 0 Å². The molecular formula is C20H11Cl2N5O. The molecule has 0 aliphatic carbocycles. The largest absolute Gasteiger partial charge is 0.338 e. The molecule has 0 saturated heterocycles. The number of aromatic nitrogens is 4. The summed E-state index contributed by atoms with van der Waals surface area (Å²) in [6.07, 6.45) is 0. The second-order valence-corrected chi connectivity index (χ2v) is 6.93. The minimum Gasteiger partial charge on any atom is -0.338 e. The number of nitrogens with one attached hydrogen (secondary N) is 1.